The van der Waals surface area contributed by atoms with Crippen LogP contribution in [-0.2, 0) is 20.7 Å². The summed E-state index contributed by atoms with van der Waals surface area (Å²) in [5, 5.41) is 2.66. The summed E-state index contributed by atoms with van der Waals surface area (Å²) in [6.45, 7) is 3.88. The Balaban J connectivity index is 1.54. The molecular weight excluding hydrogens is 519 g/mol. The van der Waals surface area contributed by atoms with Crippen LogP contribution in [0.3, 0.4) is 0 Å². The van der Waals surface area contributed by atoms with Crippen molar-refractivity contribution in [1.29, 1.82) is 0 Å². The third-order valence-corrected chi connectivity index (χ3v) is 7.92. The molecule has 10 nitrogen and oxygen atoms in total. The van der Waals surface area contributed by atoms with Crippen molar-refractivity contribution in [2.75, 3.05) is 39.3 Å². The van der Waals surface area contributed by atoms with Gasteiger partial charge in [-0.2, -0.15) is 0 Å². The maximum Gasteiger partial charge on any atom is 0.331 e. The molecule has 2 aromatic rings. The van der Waals surface area contributed by atoms with Crippen molar-refractivity contribution < 1.29 is 33.0 Å². The predicted molar refractivity (Wildman–Crippen MR) is 146 cm³/mol. The van der Waals surface area contributed by atoms with Crippen molar-refractivity contribution in [3.63, 3.8) is 0 Å². The molecule has 0 aromatic heterocycles. The number of likely N-dealkylation sites (tertiary alicyclic amines) is 1. The lowest BCUT2D eigenvalue weighted by Crippen LogP contribution is -2.61. The van der Waals surface area contributed by atoms with Gasteiger partial charge in [0, 0.05) is 32.9 Å². The number of ether oxygens (including phenoxy) is 2. The Morgan fingerprint density at radius 2 is 1.73 bits per heavy atom. The van der Waals surface area contributed by atoms with Crippen molar-refractivity contribution in [3.8, 4) is 5.75 Å². The molecule has 214 valence electrons. The number of urea groups is 1. The minimum atomic E-state index is -1.15. The van der Waals surface area contributed by atoms with E-state index in [9.17, 15) is 23.6 Å². The average Bonchev–Trinajstić information content (AvgIpc) is 3.15. The van der Waals surface area contributed by atoms with Crippen LogP contribution >= 0.6 is 0 Å². The highest BCUT2D eigenvalue weighted by Gasteiger charge is 2.58. The van der Waals surface area contributed by atoms with Crippen LogP contribution in [0.25, 0.3) is 0 Å². The van der Waals surface area contributed by atoms with E-state index in [0.29, 0.717) is 17.9 Å². The third kappa shape index (κ3) is 5.13. The lowest BCUT2D eigenvalue weighted by Gasteiger charge is -2.43. The highest BCUT2D eigenvalue weighted by atomic mass is 19.1. The Morgan fingerprint density at radius 1 is 1.07 bits per heavy atom. The number of piperidine rings is 1. The fourth-order valence-electron chi connectivity index (χ4n) is 5.35. The molecule has 1 spiro atoms. The van der Waals surface area contributed by atoms with E-state index in [2.05, 4.69) is 5.32 Å². The highest BCUT2D eigenvalue weighted by Crippen LogP contribution is 2.40. The van der Waals surface area contributed by atoms with Crippen molar-refractivity contribution in [1.82, 2.24) is 15.1 Å². The third-order valence-electron chi connectivity index (χ3n) is 7.92. The number of hydrogen-bond acceptors (Lipinski definition) is 6. The van der Waals surface area contributed by atoms with Crippen molar-refractivity contribution >= 4 is 29.4 Å². The molecule has 2 aliphatic rings. The second-order valence-corrected chi connectivity index (χ2v) is 10.1. The molecule has 2 aliphatic heterocycles. The van der Waals surface area contributed by atoms with Crippen molar-refractivity contribution in [2.24, 2.45) is 0 Å². The molecule has 40 heavy (non-hydrogen) atoms. The second-order valence-electron chi connectivity index (χ2n) is 10.1. The largest absolute Gasteiger partial charge is 0.497 e. The van der Waals surface area contributed by atoms with Gasteiger partial charge in [-0.3, -0.25) is 24.2 Å². The average molecular weight is 555 g/mol. The number of carbonyl (C=O) groups excluding carboxylic acids is 4. The van der Waals surface area contributed by atoms with Gasteiger partial charge in [-0.05, 0) is 68.1 Å². The zero-order valence-electron chi connectivity index (χ0n) is 23.4. The Labute approximate surface area is 233 Å². The van der Waals surface area contributed by atoms with Crippen LogP contribution in [-0.4, -0.2) is 85.6 Å². The number of anilines is 1. The molecule has 4 rings (SSSR count). The molecule has 1 unspecified atom stereocenters. The quantitative estimate of drug-likeness (QED) is 0.503. The molecule has 2 fully saturated rings. The number of methoxy groups -OCH3 is 2. The smallest absolute Gasteiger partial charge is 0.331 e. The zero-order valence-corrected chi connectivity index (χ0v) is 23.4. The van der Waals surface area contributed by atoms with Crippen LogP contribution in [0, 0.1) is 5.82 Å². The van der Waals surface area contributed by atoms with Gasteiger partial charge in [-0.25, -0.2) is 9.18 Å². The van der Waals surface area contributed by atoms with Gasteiger partial charge in [0.15, 0.2) is 0 Å². The number of carbonyl (C=O) groups is 4. The number of benzene rings is 2. The van der Waals surface area contributed by atoms with E-state index in [0.717, 1.165) is 10.5 Å². The first-order valence-corrected chi connectivity index (χ1v) is 13.2. The topological polar surface area (TPSA) is 108 Å². The lowest BCUT2D eigenvalue weighted by molar-refractivity contribution is -0.141. The number of rotatable bonds is 8. The summed E-state index contributed by atoms with van der Waals surface area (Å²) in [6.07, 6.45) is 0.321. The Bertz CT molecular complexity index is 1290. The molecule has 5 amide bonds. The summed E-state index contributed by atoms with van der Waals surface area (Å²) in [5.74, 6) is -1.52. The van der Waals surface area contributed by atoms with Crippen LogP contribution in [0.5, 0.6) is 5.75 Å². The molecule has 2 saturated heterocycles. The summed E-state index contributed by atoms with van der Waals surface area (Å²) >= 11 is 0. The maximum absolute atomic E-state index is 14.5. The van der Waals surface area contributed by atoms with Gasteiger partial charge in [-0.15, -0.1) is 0 Å². The SMILES string of the molecule is CCc1ccc(F)c(C(=O)N[C@@H](C(=O)N2CCC3(CC2)C(=O)N(C)C(=O)N3c2ccc(OC)cc2)C(C)OC)c1. The van der Waals surface area contributed by atoms with Crippen LogP contribution in [0.1, 0.15) is 42.6 Å². The van der Waals surface area contributed by atoms with E-state index in [1.165, 1.54) is 31.2 Å². The molecular formula is C29H35FN4O6. The van der Waals surface area contributed by atoms with Crippen LogP contribution in [0.4, 0.5) is 14.9 Å². The van der Waals surface area contributed by atoms with E-state index in [-0.39, 0.29) is 37.4 Å². The minimum absolute atomic E-state index is 0.147. The first kappa shape index (κ1) is 29.0. The summed E-state index contributed by atoms with van der Waals surface area (Å²) in [4.78, 5) is 57.4. The molecule has 0 aliphatic carbocycles. The summed E-state index contributed by atoms with van der Waals surface area (Å²) in [7, 11) is 4.42. The van der Waals surface area contributed by atoms with E-state index in [1.54, 1.807) is 49.3 Å². The Morgan fingerprint density at radius 3 is 2.30 bits per heavy atom. The van der Waals surface area contributed by atoms with Crippen LogP contribution in [0.2, 0.25) is 0 Å². The standard InChI is InChI=1S/C29H35FN4O6/c1-6-19-7-12-23(30)22(17-19)25(35)31-24(18(2)39-4)26(36)33-15-13-29(14-16-33)27(37)32(3)28(38)34(29)20-8-10-21(40-5)11-9-20/h7-12,17-18,24H,6,13-16H2,1-5H3,(H,31,35)/t18?,24-/m1/s1. The number of likely N-dealkylation sites (N-methyl/N-ethyl adjacent to an activating group) is 1. The molecule has 0 radical (unpaired) electrons. The number of hydrogen-bond donors (Lipinski definition) is 1. The first-order chi connectivity index (χ1) is 19.1. The first-order valence-electron chi connectivity index (χ1n) is 13.2. The number of nitrogens with zero attached hydrogens (tertiary/aromatic N) is 3. The van der Waals surface area contributed by atoms with Gasteiger partial charge < -0.3 is 19.7 Å². The van der Waals surface area contributed by atoms with E-state index >= 15 is 0 Å². The van der Waals surface area contributed by atoms with Crippen molar-refractivity contribution in [2.45, 2.75) is 50.8 Å². The van der Waals surface area contributed by atoms with Gasteiger partial charge >= 0.3 is 6.03 Å². The molecule has 1 N–H and O–H groups in total. The van der Waals surface area contributed by atoms with Gasteiger partial charge in [-0.1, -0.05) is 13.0 Å². The Hall–Kier alpha value is -3.99. The fraction of sp³-hybridized carbons (Fsp3) is 0.448. The van der Waals surface area contributed by atoms with Crippen LogP contribution in [0.15, 0.2) is 42.5 Å². The number of amides is 5. The van der Waals surface area contributed by atoms with E-state index in [4.69, 9.17) is 9.47 Å². The second kappa shape index (κ2) is 11.6. The lowest BCUT2D eigenvalue weighted by atomic mass is 9.85. The normalized spacial score (nSPS) is 18.2. The number of halogens is 1. The predicted octanol–water partition coefficient (Wildman–Crippen LogP) is 2.99. The van der Waals surface area contributed by atoms with Gasteiger partial charge in [0.1, 0.15) is 23.1 Å². The van der Waals surface area contributed by atoms with Gasteiger partial charge in [0.05, 0.1) is 18.8 Å². The number of imide groups is 1. The number of aryl methyl sites for hydroxylation is 1. The molecule has 2 atom stereocenters. The van der Waals surface area contributed by atoms with Gasteiger partial charge in [0.25, 0.3) is 11.8 Å². The molecule has 2 aromatic carbocycles. The molecule has 0 bridgehead atoms. The molecule has 2 heterocycles. The molecule has 0 saturated carbocycles. The van der Waals surface area contributed by atoms with Crippen LogP contribution < -0.4 is 15.0 Å². The van der Waals surface area contributed by atoms with Crippen molar-refractivity contribution in [3.05, 3.63) is 59.4 Å². The summed E-state index contributed by atoms with van der Waals surface area (Å²) in [5.41, 5.74) is 0.0498. The maximum atomic E-state index is 14.5. The van der Waals surface area contributed by atoms with E-state index in [1.807, 2.05) is 6.92 Å². The monoisotopic (exact) mass is 554 g/mol. The highest BCUT2D eigenvalue weighted by molar-refractivity contribution is 6.16. The summed E-state index contributed by atoms with van der Waals surface area (Å²) < 4.78 is 25.1. The fourth-order valence-corrected chi connectivity index (χ4v) is 5.35. The van der Waals surface area contributed by atoms with E-state index < -0.39 is 41.3 Å². The minimum Gasteiger partial charge on any atom is -0.497 e. The summed E-state index contributed by atoms with van der Waals surface area (Å²) in [6, 6.07) is 9.68. The number of nitrogens with one attached hydrogen (secondary N) is 1. The molecule has 11 heteroatoms. The van der Waals surface area contributed by atoms with Gasteiger partial charge in [0.2, 0.25) is 5.91 Å². The Kier molecular flexibility index (Phi) is 8.43. The zero-order chi connectivity index (χ0) is 29.2.